The molecule has 0 amide bonds. The number of rotatable bonds is 6. The van der Waals surface area contributed by atoms with Gasteiger partial charge in [0.1, 0.15) is 5.75 Å². The van der Waals surface area contributed by atoms with Gasteiger partial charge < -0.3 is 14.6 Å². The molecule has 1 N–H and O–H groups in total. The Morgan fingerprint density at radius 3 is 2.83 bits per heavy atom. The molecular formula is C26H31ClN2O. The quantitative estimate of drug-likeness (QED) is 0.511. The zero-order valence-corrected chi connectivity index (χ0v) is 18.5. The second-order valence-electron chi connectivity index (χ2n) is 9.03. The summed E-state index contributed by atoms with van der Waals surface area (Å²) < 4.78 is 6.01. The maximum Gasteiger partial charge on any atom is 0.122 e. The molecule has 1 saturated heterocycles. The topological polar surface area (TPSA) is 28.3 Å². The highest BCUT2D eigenvalue weighted by atomic mass is 35.5. The number of likely N-dealkylation sites (tertiary alicyclic amines) is 1. The molecule has 4 heteroatoms. The minimum absolute atomic E-state index is 0.644. The number of piperidine rings is 1. The van der Waals surface area contributed by atoms with E-state index in [0.29, 0.717) is 5.92 Å². The lowest BCUT2D eigenvalue weighted by Crippen LogP contribution is -2.36. The van der Waals surface area contributed by atoms with Gasteiger partial charge >= 0.3 is 0 Å². The first kappa shape index (κ1) is 20.0. The van der Waals surface area contributed by atoms with E-state index in [4.69, 9.17) is 16.3 Å². The van der Waals surface area contributed by atoms with Gasteiger partial charge in [0.2, 0.25) is 0 Å². The van der Waals surface area contributed by atoms with Crippen molar-refractivity contribution in [3.8, 4) is 5.75 Å². The first-order chi connectivity index (χ1) is 14.7. The number of benzene rings is 2. The van der Waals surface area contributed by atoms with E-state index in [2.05, 4.69) is 47.3 Å². The van der Waals surface area contributed by atoms with Crippen LogP contribution in [0.2, 0.25) is 5.02 Å². The summed E-state index contributed by atoms with van der Waals surface area (Å²) >= 11 is 6.15. The molecule has 3 nitrogen and oxygen atoms in total. The molecule has 0 radical (unpaired) electrons. The largest absolute Gasteiger partial charge is 0.493 e. The Labute approximate surface area is 184 Å². The number of ether oxygens (including phenoxy) is 1. The number of hydrogen-bond donors (Lipinski definition) is 1. The van der Waals surface area contributed by atoms with E-state index in [1.807, 2.05) is 12.1 Å². The van der Waals surface area contributed by atoms with Crippen LogP contribution in [-0.4, -0.2) is 36.1 Å². The van der Waals surface area contributed by atoms with E-state index in [1.165, 1.54) is 67.4 Å². The van der Waals surface area contributed by atoms with Crippen molar-refractivity contribution in [1.82, 2.24) is 9.88 Å². The monoisotopic (exact) mass is 422 g/mol. The smallest absolute Gasteiger partial charge is 0.122 e. The highest BCUT2D eigenvalue weighted by Gasteiger charge is 2.29. The highest BCUT2D eigenvalue weighted by Crippen LogP contribution is 2.37. The summed E-state index contributed by atoms with van der Waals surface area (Å²) in [7, 11) is 0. The van der Waals surface area contributed by atoms with E-state index in [1.54, 1.807) is 0 Å². The fraction of sp³-hybridized carbons (Fsp3) is 0.462. The summed E-state index contributed by atoms with van der Waals surface area (Å²) in [5, 5.41) is 2.13. The Morgan fingerprint density at radius 2 is 2.00 bits per heavy atom. The summed E-state index contributed by atoms with van der Waals surface area (Å²) in [6.45, 7) is 6.57. The fourth-order valence-corrected chi connectivity index (χ4v) is 5.60. The lowest BCUT2D eigenvalue weighted by molar-refractivity contribution is 0.185. The average Bonchev–Trinajstić information content (AvgIpc) is 3.36. The summed E-state index contributed by atoms with van der Waals surface area (Å²) in [5.41, 5.74) is 5.58. The van der Waals surface area contributed by atoms with Gasteiger partial charge in [-0.25, -0.2) is 0 Å². The van der Waals surface area contributed by atoms with Crippen molar-refractivity contribution < 1.29 is 4.74 Å². The second-order valence-corrected chi connectivity index (χ2v) is 9.46. The van der Waals surface area contributed by atoms with Crippen molar-refractivity contribution >= 4 is 22.5 Å². The van der Waals surface area contributed by atoms with Crippen LogP contribution in [0, 0.1) is 5.92 Å². The van der Waals surface area contributed by atoms with Crippen LogP contribution in [0.15, 0.2) is 42.6 Å². The second kappa shape index (κ2) is 8.64. The van der Waals surface area contributed by atoms with Gasteiger partial charge in [-0.3, -0.25) is 0 Å². The molecule has 1 aliphatic carbocycles. The summed E-state index contributed by atoms with van der Waals surface area (Å²) in [4.78, 5) is 6.10. The normalized spacial score (nSPS) is 20.0. The Morgan fingerprint density at radius 1 is 1.13 bits per heavy atom. The standard InChI is InChI=1S/C26H31ClN2O/c1-2-12-30-26-5-3-4-20-13-18(14-23(20)26)17-29-10-8-19(9-11-29)24-16-28-25-15-21(27)6-7-22(24)25/h3-7,15-16,18-19,28H,2,8-14,17H2,1H3. The van der Waals surface area contributed by atoms with Gasteiger partial charge in [0, 0.05) is 28.7 Å². The zero-order chi connectivity index (χ0) is 20.5. The number of aromatic amines is 1. The number of nitrogens with one attached hydrogen (secondary N) is 1. The molecule has 1 fully saturated rings. The SMILES string of the molecule is CCCOc1cccc2c1CC(CN1CCC(c3c[nH]c4cc(Cl)ccc34)CC1)C2. The predicted octanol–water partition coefficient (Wildman–Crippen LogP) is 6.20. The molecule has 3 aromatic rings. The molecular weight excluding hydrogens is 392 g/mol. The first-order valence-corrected chi connectivity index (χ1v) is 11.8. The van der Waals surface area contributed by atoms with Gasteiger partial charge in [0.05, 0.1) is 6.61 Å². The van der Waals surface area contributed by atoms with Crippen molar-refractivity contribution in [2.75, 3.05) is 26.2 Å². The molecule has 2 aliphatic rings. The van der Waals surface area contributed by atoms with Crippen LogP contribution < -0.4 is 4.74 Å². The number of halogens is 1. The summed E-state index contributed by atoms with van der Waals surface area (Å²) in [5.74, 6) is 2.49. The van der Waals surface area contributed by atoms with Crippen LogP contribution in [-0.2, 0) is 12.8 Å². The zero-order valence-electron chi connectivity index (χ0n) is 17.8. The van der Waals surface area contributed by atoms with Crippen LogP contribution in [0.1, 0.15) is 48.8 Å². The van der Waals surface area contributed by atoms with Gasteiger partial charge in [-0.15, -0.1) is 0 Å². The van der Waals surface area contributed by atoms with Crippen LogP contribution in [0.4, 0.5) is 0 Å². The third kappa shape index (κ3) is 3.98. The van der Waals surface area contributed by atoms with Gasteiger partial charge in [0.25, 0.3) is 0 Å². The van der Waals surface area contributed by atoms with E-state index in [-0.39, 0.29) is 0 Å². The van der Waals surface area contributed by atoms with Crippen molar-refractivity contribution in [3.63, 3.8) is 0 Å². The van der Waals surface area contributed by atoms with Crippen LogP contribution in [0.25, 0.3) is 10.9 Å². The van der Waals surface area contributed by atoms with Crippen LogP contribution in [0.3, 0.4) is 0 Å². The number of hydrogen-bond acceptors (Lipinski definition) is 2. The molecule has 2 heterocycles. The number of aromatic nitrogens is 1. The molecule has 2 aromatic carbocycles. The summed E-state index contributed by atoms with van der Waals surface area (Å²) in [6, 6.07) is 12.8. The molecule has 5 rings (SSSR count). The molecule has 1 unspecified atom stereocenters. The molecule has 0 saturated carbocycles. The average molecular weight is 423 g/mol. The maximum atomic E-state index is 6.15. The minimum atomic E-state index is 0.644. The molecule has 0 bridgehead atoms. The van der Waals surface area contributed by atoms with Gasteiger partial charge in [0.15, 0.2) is 0 Å². The Kier molecular flexibility index (Phi) is 5.75. The van der Waals surface area contributed by atoms with Crippen molar-refractivity contribution in [2.24, 2.45) is 5.92 Å². The predicted molar refractivity (Wildman–Crippen MR) is 125 cm³/mol. The fourth-order valence-electron chi connectivity index (χ4n) is 5.43. The third-order valence-electron chi connectivity index (χ3n) is 6.91. The minimum Gasteiger partial charge on any atom is -0.493 e. The van der Waals surface area contributed by atoms with Crippen molar-refractivity contribution in [3.05, 3.63) is 64.3 Å². The van der Waals surface area contributed by atoms with Crippen molar-refractivity contribution in [1.29, 1.82) is 0 Å². The number of H-pyrrole nitrogens is 1. The summed E-state index contributed by atoms with van der Waals surface area (Å²) in [6.07, 6.45) is 8.10. The molecule has 0 spiro atoms. The van der Waals surface area contributed by atoms with Gasteiger partial charge in [-0.05, 0) is 91.9 Å². The lowest BCUT2D eigenvalue weighted by atomic mass is 9.88. The molecule has 1 aromatic heterocycles. The Balaban J connectivity index is 1.19. The number of nitrogens with zero attached hydrogens (tertiary/aromatic N) is 1. The highest BCUT2D eigenvalue weighted by molar-refractivity contribution is 6.31. The van der Waals surface area contributed by atoms with E-state index in [9.17, 15) is 0 Å². The van der Waals surface area contributed by atoms with Crippen molar-refractivity contribution in [2.45, 2.75) is 44.9 Å². The van der Waals surface area contributed by atoms with E-state index >= 15 is 0 Å². The molecule has 158 valence electrons. The molecule has 30 heavy (non-hydrogen) atoms. The van der Waals surface area contributed by atoms with E-state index < -0.39 is 0 Å². The van der Waals surface area contributed by atoms with E-state index in [0.717, 1.165) is 35.2 Å². The Hall–Kier alpha value is -1.97. The maximum absolute atomic E-state index is 6.15. The lowest BCUT2D eigenvalue weighted by Gasteiger charge is -2.33. The van der Waals surface area contributed by atoms with Crippen LogP contribution in [0.5, 0.6) is 5.75 Å². The van der Waals surface area contributed by atoms with Gasteiger partial charge in [-0.2, -0.15) is 0 Å². The van der Waals surface area contributed by atoms with Crippen LogP contribution >= 0.6 is 11.6 Å². The number of fused-ring (bicyclic) bond motifs is 2. The molecule has 1 atom stereocenters. The Bertz CT molecular complexity index is 1020. The first-order valence-electron chi connectivity index (χ1n) is 11.4. The third-order valence-corrected chi connectivity index (χ3v) is 7.15. The van der Waals surface area contributed by atoms with Gasteiger partial charge in [-0.1, -0.05) is 36.7 Å². The molecule has 1 aliphatic heterocycles.